The average Bonchev–Trinajstić information content (AvgIpc) is 3.86. The van der Waals surface area contributed by atoms with E-state index >= 15 is 0 Å². The van der Waals surface area contributed by atoms with Crippen molar-refractivity contribution in [2.24, 2.45) is 17.8 Å². The van der Waals surface area contributed by atoms with E-state index in [9.17, 15) is 0 Å². The highest BCUT2D eigenvalue weighted by Crippen LogP contribution is 2.10. The summed E-state index contributed by atoms with van der Waals surface area (Å²) in [6.07, 6.45) is 11.5. The third kappa shape index (κ3) is 16.3. The molecule has 0 radical (unpaired) electrons. The lowest BCUT2D eigenvalue weighted by molar-refractivity contribution is 0.113. The van der Waals surface area contributed by atoms with Crippen LogP contribution in [0.1, 0.15) is 89.5 Å². The molecule has 0 saturated carbocycles. The fourth-order valence-corrected chi connectivity index (χ4v) is 4.81. The van der Waals surface area contributed by atoms with E-state index in [4.69, 9.17) is 29.2 Å². The van der Waals surface area contributed by atoms with E-state index in [0.29, 0.717) is 107 Å². The summed E-state index contributed by atoms with van der Waals surface area (Å²) < 4.78 is 22.7. The first-order valence-electron chi connectivity index (χ1n) is 18.6. The summed E-state index contributed by atoms with van der Waals surface area (Å²) in [6.45, 7) is 19.7. The molecule has 0 aliphatic carbocycles. The van der Waals surface area contributed by atoms with Crippen LogP contribution in [-0.2, 0) is 66.1 Å². The molecule has 16 nitrogen and oxygen atoms in total. The highest BCUT2D eigenvalue weighted by molar-refractivity contribution is 5.26. The molecule has 0 bridgehead atoms. The number of nitrogens with one attached hydrogen (secondary N) is 1. The van der Waals surface area contributed by atoms with Gasteiger partial charge in [-0.1, -0.05) is 57.2 Å². The Labute approximate surface area is 302 Å². The molecule has 0 aromatic carbocycles. The molecule has 0 unspecified atom stereocenters. The molecule has 4 aromatic heterocycles. The summed E-state index contributed by atoms with van der Waals surface area (Å²) in [5, 5.41) is 29.1. The normalized spacial score (nSPS) is 11.9. The fraction of sp³-hybridized carbons (Fsp3) is 0.743. The minimum Gasteiger partial charge on any atom is -0.380 e. The van der Waals surface area contributed by atoms with Crippen LogP contribution in [0.5, 0.6) is 0 Å². The van der Waals surface area contributed by atoms with Crippen molar-refractivity contribution in [3.05, 3.63) is 47.3 Å². The molecule has 4 heterocycles. The molecule has 0 amide bonds. The molecule has 1 N–H and O–H groups in total. The van der Waals surface area contributed by atoms with Gasteiger partial charge in [-0.2, -0.15) is 9.97 Å². The highest BCUT2D eigenvalue weighted by atomic mass is 16.5. The quantitative estimate of drug-likeness (QED) is 0.0882. The standard InChI is InChI=1S/C35H59N13O3/c1-27(2)11-17-49-20-14-46-24-30(40-43-46)7-9-33-37-34(10-8-31-25-47(44-41-31)15-21-50-18-12-28(3)4)39-35(38-33)36-23-32-26-48(45-42-32)16-22-51-19-13-29(5)6/h24-29H,7-23H2,1-6H3,(H,36,37,38,39). The van der Waals surface area contributed by atoms with E-state index in [2.05, 4.69) is 77.8 Å². The van der Waals surface area contributed by atoms with Crippen LogP contribution in [0, 0.1) is 17.8 Å². The van der Waals surface area contributed by atoms with Gasteiger partial charge in [0.05, 0.1) is 63.6 Å². The van der Waals surface area contributed by atoms with Crippen LogP contribution in [0.2, 0.25) is 0 Å². The first kappa shape index (κ1) is 39.9. The molecule has 4 aromatic rings. The smallest absolute Gasteiger partial charge is 0.226 e. The van der Waals surface area contributed by atoms with Gasteiger partial charge < -0.3 is 19.5 Å². The van der Waals surface area contributed by atoms with Gasteiger partial charge >= 0.3 is 0 Å². The maximum Gasteiger partial charge on any atom is 0.226 e. The summed E-state index contributed by atoms with van der Waals surface area (Å²) in [7, 11) is 0. The van der Waals surface area contributed by atoms with Crippen molar-refractivity contribution in [2.45, 2.75) is 113 Å². The van der Waals surface area contributed by atoms with Crippen LogP contribution < -0.4 is 5.32 Å². The number of ether oxygens (including phenoxy) is 3. The van der Waals surface area contributed by atoms with Gasteiger partial charge in [0.2, 0.25) is 5.95 Å². The van der Waals surface area contributed by atoms with Crippen molar-refractivity contribution in [2.75, 3.05) is 45.0 Å². The number of aryl methyl sites for hydroxylation is 4. The van der Waals surface area contributed by atoms with Crippen LogP contribution in [0.4, 0.5) is 5.95 Å². The van der Waals surface area contributed by atoms with E-state index in [1.165, 1.54) is 0 Å². The van der Waals surface area contributed by atoms with Crippen molar-refractivity contribution in [1.82, 2.24) is 59.9 Å². The molecule has 4 rings (SSSR count). The SMILES string of the molecule is CC(C)CCOCCn1cc(CCc2nc(CCc3cn(CCOCCC(C)C)nn3)nc(NCc3cn(CCOCCC(C)C)nn3)n2)nn1. The molecule has 0 saturated heterocycles. The predicted molar refractivity (Wildman–Crippen MR) is 193 cm³/mol. The maximum absolute atomic E-state index is 5.74. The lowest BCUT2D eigenvalue weighted by atomic mass is 10.1. The Morgan fingerprint density at radius 1 is 0.510 bits per heavy atom. The first-order valence-corrected chi connectivity index (χ1v) is 18.6. The minimum atomic E-state index is 0.429. The zero-order valence-electron chi connectivity index (χ0n) is 31.6. The summed E-state index contributed by atoms with van der Waals surface area (Å²) >= 11 is 0. The molecule has 0 atom stereocenters. The van der Waals surface area contributed by atoms with Crippen LogP contribution in [0.3, 0.4) is 0 Å². The van der Waals surface area contributed by atoms with Crippen molar-refractivity contribution < 1.29 is 14.2 Å². The highest BCUT2D eigenvalue weighted by Gasteiger charge is 2.12. The van der Waals surface area contributed by atoms with Gasteiger partial charge in [-0.3, -0.25) is 0 Å². The van der Waals surface area contributed by atoms with Crippen molar-refractivity contribution in [1.29, 1.82) is 0 Å². The van der Waals surface area contributed by atoms with E-state index in [0.717, 1.165) is 56.2 Å². The number of anilines is 1. The van der Waals surface area contributed by atoms with Gasteiger partial charge in [-0.25, -0.2) is 19.0 Å². The molecule has 51 heavy (non-hydrogen) atoms. The Bertz CT molecular complexity index is 1330. The van der Waals surface area contributed by atoms with Gasteiger partial charge in [0.1, 0.15) is 17.3 Å². The van der Waals surface area contributed by atoms with Crippen molar-refractivity contribution in [3.8, 4) is 0 Å². The minimum absolute atomic E-state index is 0.429. The van der Waals surface area contributed by atoms with Crippen LogP contribution in [-0.4, -0.2) is 99.6 Å². The summed E-state index contributed by atoms with van der Waals surface area (Å²) in [5.41, 5.74) is 2.54. The summed E-state index contributed by atoms with van der Waals surface area (Å²) in [4.78, 5) is 14.3. The largest absolute Gasteiger partial charge is 0.380 e. The van der Waals surface area contributed by atoms with Crippen LogP contribution in [0.25, 0.3) is 0 Å². The molecular formula is C35H59N13O3. The van der Waals surface area contributed by atoms with Crippen LogP contribution in [0.15, 0.2) is 18.6 Å². The van der Waals surface area contributed by atoms with Crippen molar-refractivity contribution in [3.63, 3.8) is 0 Å². The Kier molecular flexibility index (Phi) is 17.3. The molecular weight excluding hydrogens is 650 g/mol. The van der Waals surface area contributed by atoms with E-state index in [1.54, 1.807) is 4.68 Å². The predicted octanol–water partition coefficient (Wildman–Crippen LogP) is 4.02. The Morgan fingerprint density at radius 3 is 1.31 bits per heavy atom. The van der Waals surface area contributed by atoms with E-state index in [-0.39, 0.29) is 0 Å². The Morgan fingerprint density at radius 2 is 0.902 bits per heavy atom. The van der Waals surface area contributed by atoms with Gasteiger partial charge in [0.25, 0.3) is 0 Å². The molecule has 0 fully saturated rings. The topological polar surface area (TPSA) is 171 Å². The Hall–Kier alpha value is -3.89. The Balaban J connectivity index is 1.32. The molecule has 0 spiro atoms. The average molecular weight is 710 g/mol. The van der Waals surface area contributed by atoms with Gasteiger partial charge in [0.15, 0.2) is 0 Å². The number of rotatable bonds is 27. The second kappa shape index (κ2) is 22.1. The third-order valence-corrected chi connectivity index (χ3v) is 8.04. The lowest BCUT2D eigenvalue weighted by Gasteiger charge is -2.08. The molecule has 0 aliphatic heterocycles. The number of hydrogen-bond acceptors (Lipinski definition) is 13. The molecule has 0 aliphatic rings. The van der Waals surface area contributed by atoms with E-state index in [1.807, 2.05) is 28.0 Å². The van der Waals surface area contributed by atoms with Crippen LogP contribution >= 0.6 is 0 Å². The number of nitrogens with zero attached hydrogens (tertiary/aromatic N) is 12. The zero-order valence-corrected chi connectivity index (χ0v) is 31.6. The van der Waals surface area contributed by atoms with Gasteiger partial charge in [0, 0.05) is 57.9 Å². The van der Waals surface area contributed by atoms with Gasteiger partial charge in [-0.05, 0) is 37.0 Å². The van der Waals surface area contributed by atoms with Crippen molar-refractivity contribution >= 4 is 5.95 Å². The number of aromatic nitrogens is 12. The monoisotopic (exact) mass is 709 g/mol. The first-order chi connectivity index (χ1) is 24.7. The summed E-state index contributed by atoms with van der Waals surface area (Å²) in [6, 6.07) is 0. The third-order valence-electron chi connectivity index (χ3n) is 8.04. The second-order valence-corrected chi connectivity index (χ2v) is 14.1. The fourth-order valence-electron chi connectivity index (χ4n) is 4.81. The maximum atomic E-state index is 5.74. The number of hydrogen-bond donors (Lipinski definition) is 1. The lowest BCUT2D eigenvalue weighted by Crippen LogP contribution is -2.12. The zero-order chi connectivity index (χ0) is 36.3. The summed E-state index contributed by atoms with van der Waals surface area (Å²) in [5.74, 6) is 3.74. The van der Waals surface area contributed by atoms with Gasteiger partial charge in [-0.15, -0.1) is 15.3 Å². The van der Waals surface area contributed by atoms with E-state index < -0.39 is 0 Å². The molecule has 16 heteroatoms. The second-order valence-electron chi connectivity index (χ2n) is 14.1. The molecule has 282 valence electrons.